The van der Waals surface area contributed by atoms with Gasteiger partial charge in [-0.3, -0.25) is 14.6 Å². The summed E-state index contributed by atoms with van der Waals surface area (Å²) in [7, 11) is 3.18. The lowest BCUT2D eigenvalue weighted by Crippen LogP contribution is -2.30. The summed E-state index contributed by atoms with van der Waals surface area (Å²) in [5.74, 6) is 0.237. The third-order valence-electron chi connectivity index (χ3n) is 4.57. The van der Waals surface area contributed by atoms with Gasteiger partial charge in [0.15, 0.2) is 11.5 Å². The van der Waals surface area contributed by atoms with E-state index in [1.807, 2.05) is 25.1 Å². The van der Waals surface area contributed by atoms with E-state index in [4.69, 9.17) is 9.26 Å². The van der Waals surface area contributed by atoms with Crippen LogP contribution in [0.15, 0.2) is 59.3 Å². The first-order chi connectivity index (χ1) is 14.0. The number of nitrogens with one attached hydrogen (secondary N) is 1. The molecule has 2 aromatic heterocycles. The lowest BCUT2D eigenvalue weighted by atomic mass is 10.2. The minimum atomic E-state index is -0.312. The molecule has 3 aromatic rings. The van der Waals surface area contributed by atoms with Gasteiger partial charge in [0.05, 0.1) is 31.0 Å². The highest BCUT2D eigenvalue weighted by Gasteiger charge is 2.23. The smallest absolute Gasteiger partial charge is 0.276 e. The molecule has 0 saturated heterocycles. The van der Waals surface area contributed by atoms with E-state index in [9.17, 15) is 9.59 Å². The summed E-state index contributed by atoms with van der Waals surface area (Å²) in [5, 5.41) is 6.57. The Morgan fingerprint density at radius 2 is 1.97 bits per heavy atom. The van der Waals surface area contributed by atoms with Gasteiger partial charge in [0.2, 0.25) is 0 Å². The van der Waals surface area contributed by atoms with Crippen LogP contribution in [0.3, 0.4) is 0 Å². The van der Waals surface area contributed by atoms with Gasteiger partial charge in [-0.15, -0.1) is 0 Å². The number of methoxy groups -OCH3 is 1. The van der Waals surface area contributed by atoms with Crippen molar-refractivity contribution in [1.29, 1.82) is 0 Å². The fraction of sp³-hybridized carbons (Fsp3) is 0.238. The first-order valence-corrected chi connectivity index (χ1v) is 9.06. The van der Waals surface area contributed by atoms with Gasteiger partial charge in [-0.2, -0.15) is 0 Å². The van der Waals surface area contributed by atoms with Crippen LogP contribution in [0, 0.1) is 0 Å². The van der Waals surface area contributed by atoms with Gasteiger partial charge in [-0.05, 0) is 31.2 Å². The number of carbonyl (C=O) groups is 2. The Labute approximate surface area is 168 Å². The van der Waals surface area contributed by atoms with Crippen LogP contribution in [0.4, 0.5) is 0 Å². The Hall–Kier alpha value is -3.68. The zero-order chi connectivity index (χ0) is 20.8. The van der Waals surface area contributed by atoms with Crippen molar-refractivity contribution < 1.29 is 18.8 Å². The molecule has 0 aliphatic rings. The van der Waals surface area contributed by atoms with Crippen LogP contribution in [0.5, 0.6) is 5.75 Å². The highest BCUT2D eigenvalue weighted by molar-refractivity contribution is 5.97. The molecule has 2 heterocycles. The number of amides is 2. The number of ether oxygens (including phenoxy) is 1. The summed E-state index contributed by atoms with van der Waals surface area (Å²) in [6.07, 6.45) is 1.68. The standard InChI is InChI=1S/C21H22N4O4/c1-14(17-9-6-7-11-22-17)25(2)21(27)18-12-15(29-24-18)13-23-20(26)16-8-4-5-10-19(16)28-3/h4-12,14H,13H2,1-3H3,(H,23,26). The Morgan fingerprint density at radius 3 is 2.69 bits per heavy atom. The molecule has 0 fully saturated rings. The number of hydrogen-bond acceptors (Lipinski definition) is 6. The van der Waals surface area contributed by atoms with E-state index in [2.05, 4.69) is 15.5 Å². The normalized spacial score (nSPS) is 11.6. The van der Waals surface area contributed by atoms with Crippen molar-refractivity contribution in [2.75, 3.05) is 14.2 Å². The quantitative estimate of drug-likeness (QED) is 0.662. The zero-order valence-electron chi connectivity index (χ0n) is 16.5. The van der Waals surface area contributed by atoms with E-state index in [-0.39, 0.29) is 30.1 Å². The van der Waals surface area contributed by atoms with Crippen molar-refractivity contribution in [2.45, 2.75) is 19.5 Å². The summed E-state index contributed by atoms with van der Waals surface area (Å²) in [4.78, 5) is 30.9. The minimum absolute atomic E-state index is 0.0939. The Morgan fingerprint density at radius 1 is 1.21 bits per heavy atom. The average Bonchev–Trinajstić information content (AvgIpc) is 3.25. The maximum absolute atomic E-state index is 12.7. The van der Waals surface area contributed by atoms with Crippen molar-refractivity contribution in [3.05, 3.63) is 77.4 Å². The molecule has 0 aliphatic carbocycles. The number of benzene rings is 1. The molecule has 0 saturated carbocycles. The second-order valence-corrected chi connectivity index (χ2v) is 6.41. The Kier molecular flexibility index (Phi) is 6.23. The summed E-state index contributed by atoms with van der Waals surface area (Å²) >= 11 is 0. The van der Waals surface area contributed by atoms with Crippen LogP contribution in [-0.4, -0.2) is 41.0 Å². The van der Waals surface area contributed by atoms with Crippen LogP contribution in [-0.2, 0) is 6.54 Å². The predicted molar refractivity (Wildman–Crippen MR) is 105 cm³/mol. The average molecular weight is 394 g/mol. The molecule has 8 heteroatoms. The summed E-state index contributed by atoms with van der Waals surface area (Å²) in [5.41, 5.74) is 1.35. The molecule has 8 nitrogen and oxygen atoms in total. The van der Waals surface area contributed by atoms with E-state index in [1.165, 1.54) is 18.1 Å². The summed E-state index contributed by atoms with van der Waals surface area (Å²) in [6, 6.07) is 13.7. The van der Waals surface area contributed by atoms with Crippen molar-refractivity contribution in [1.82, 2.24) is 20.4 Å². The molecule has 2 amide bonds. The third-order valence-corrected chi connectivity index (χ3v) is 4.57. The molecular formula is C21H22N4O4. The van der Waals surface area contributed by atoms with E-state index >= 15 is 0 Å². The molecule has 3 rings (SSSR count). The third kappa shape index (κ3) is 4.60. The number of aromatic nitrogens is 2. The topological polar surface area (TPSA) is 97.6 Å². The second-order valence-electron chi connectivity index (χ2n) is 6.41. The minimum Gasteiger partial charge on any atom is -0.496 e. The highest BCUT2D eigenvalue weighted by atomic mass is 16.5. The van der Waals surface area contributed by atoms with Crippen LogP contribution in [0.1, 0.15) is 45.3 Å². The maximum Gasteiger partial charge on any atom is 0.276 e. The van der Waals surface area contributed by atoms with Gasteiger partial charge in [0.1, 0.15) is 5.75 Å². The second kappa shape index (κ2) is 9.01. The van der Waals surface area contributed by atoms with Crippen molar-refractivity contribution >= 4 is 11.8 Å². The van der Waals surface area contributed by atoms with Gasteiger partial charge < -0.3 is 19.5 Å². The van der Waals surface area contributed by atoms with Gasteiger partial charge >= 0.3 is 0 Å². The molecule has 150 valence electrons. The van der Waals surface area contributed by atoms with Crippen LogP contribution in [0.2, 0.25) is 0 Å². The SMILES string of the molecule is COc1ccccc1C(=O)NCc1cc(C(=O)N(C)C(C)c2ccccn2)no1. The lowest BCUT2D eigenvalue weighted by molar-refractivity contribution is 0.0728. The van der Waals surface area contributed by atoms with Crippen molar-refractivity contribution in [2.24, 2.45) is 0 Å². The number of hydrogen-bond donors (Lipinski definition) is 1. The molecular weight excluding hydrogens is 372 g/mol. The molecule has 1 aromatic carbocycles. The van der Waals surface area contributed by atoms with Gasteiger partial charge in [0.25, 0.3) is 11.8 Å². The first kappa shape index (κ1) is 20.1. The monoisotopic (exact) mass is 394 g/mol. The van der Waals surface area contributed by atoms with Gasteiger partial charge in [0, 0.05) is 19.3 Å². The predicted octanol–water partition coefficient (Wildman–Crippen LogP) is 2.84. The molecule has 1 atom stereocenters. The van der Waals surface area contributed by atoms with Gasteiger partial charge in [-0.1, -0.05) is 23.4 Å². The highest BCUT2D eigenvalue weighted by Crippen LogP contribution is 2.19. The maximum atomic E-state index is 12.7. The molecule has 1 unspecified atom stereocenters. The number of nitrogens with zero attached hydrogens (tertiary/aromatic N) is 3. The summed E-state index contributed by atoms with van der Waals surface area (Å²) < 4.78 is 10.4. The lowest BCUT2D eigenvalue weighted by Gasteiger charge is -2.23. The van der Waals surface area contributed by atoms with Gasteiger partial charge in [-0.25, -0.2) is 0 Å². The fourth-order valence-electron chi connectivity index (χ4n) is 2.77. The molecule has 0 aliphatic heterocycles. The largest absolute Gasteiger partial charge is 0.496 e. The fourth-order valence-corrected chi connectivity index (χ4v) is 2.77. The van der Waals surface area contributed by atoms with Crippen molar-refractivity contribution in [3.8, 4) is 5.75 Å². The van der Waals surface area contributed by atoms with E-state index in [1.54, 1.807) is 37.5 Å². The summed E-state index contributed by atoms with van der Waals surface area (Å²) in [6.45, 7) is 1.98. The molecule has 0 spiro atoms. The number of rotatable bonds is 7. The van der Waals surface area contributed by atoms with Crippen LogP contribution >= 0.6 is 0 Å². The van der Waals surface area contributed by atoms with Crippen LogP contribution < -0.4 is 10.1 Å². The first-order valence-electron chi connectivity index (χ1n) is 9.06. The number of para-hydroxylation sites is 1. The van der Waals surface area contributed by atoms with E-state index < -0.39 is 0 Å². The number of carbonyl (C=O) groups excluding carboxylic acids is 2. The van der Waals surface area contributed by atoms with Crippen molar-refractivity contribution in [3.63, 3.8) is 0 Å². The van der Waals surface area contributed by atoms with E-state index in [0.29, 0.717) is 17.1 Å². The zero-order valence-corrected chi connectivity index (χ0v) is 16.5. The Balaban J connectivity index is 1.63. The number of pyridine rings is 1. The molecule has 29 heavy (non-hydrogen) atoms. The molecule has 1 N–H and O–H groups in total. The molecule has 0 radical (unpaired) electrons. The molecule has 0 bridgehead atoms. The van der Waals surface area contributed by atoms with Crippen LogP contribution in [0.25, 0.3) is 0 Å². The van der Waals surface area contributed by atoms with E-state index in [0.717, 1.165) is 5.69 Å². The Bertz CT molecular complexity index is 987.